The number of hydrogen-bond donors (Lipinski definition) is 1. The van der Waals surface area contributed by atoms with Gasteiger partial charge in [-0.3, -0.25) is 0 Å². The third-order valence-corrected chi connectivity index (χ3v) is 2.62. The maximum absolute atomic E-state index is 8.91. The molecule has 94 valence electrons. The number of hydrogen-bond acceptors (Lipinski definition) is 4. The van der Waals surface area contributed by atoms with Crippen molar-refractivity contribution in [2.45, 2.75) is 6.61 Å². The molecule has 2 aromatic carbocycles. The minimum atomic E-state index is -0.0211. The standard InChI is InChI=1S/C15H12N2O2/c16-10-15(17-18)14-9-5-4-6-12(14)11-19-13-7-2-1-3-8-13/h1-9,18H,11H2. The summed E-state index contributed by atoms with van der Waals surface area (Å²) in [6, 6.07) is 18.4. The summed E-state index contributed by atoms with van der Waals surface area (Å²) >= 11 is 0. The zero-order chi connectivity index (χ0) is 13.5. The van der Waals surface area contributed by atoms with Crippen LogP contribution in [0.15, 0.2) is 59.8 Å². The summed E-state index contributed by atoms with van der Waals surface area (Å²) in [5, 5.41) is 20.7. The molecule has 4 heteroatoms. The van der Waals surface area contributed by atoms with Crippen molar-refractivity contribution in [1.29, 1.82) is 5.26 Å². The van der Waals surface area contributed by atoms with Gasteiger partial charge in [0.2, 0.25) is 0 Å². The minimum Gasteiger partial charge on any atom is -0.489 e. The Hall–Kier alpha value is -2.80. The van der Waals surface area contributed by atoms with Crippen molar-refractivity contribution in [3.05, 3.63) is 65.7 Å². The van der Waals surface area contributed by atoms with Gasteiger partial charge in [0.25, 0.3) is 0 Å². The number of nitrogens with zero attached hydrogens (tertiary/aromatic N) is 2. The normalized spacial score (nSPS) is 10.8. The van der Waals surface area contributed by atoms with Gasteiger partial charge >= 0.3 is 0 Å². The monoisotopic (exact) mass is 252 g/mol. The van der Waals surface area contributed by atoms with Gasteiger partial charge in [0, 0.05) is 5.56 Å². The minimum absolute atomic E-state index is 0.0211. The van der Waals surface area contributed by atoms with E-state index in [1.165, 1.54) is 0 Å². The Labute approximate surface area is 111 Å². The summed E-state index contributed by atoms with van der Waals surface area (Å²) in [5.74, 6) is 0.747. The molecule has 0 unspecified atom stereocenters. The van der Waals surface area contributed by atoms with Crippen molar-refractivity contribution in [1.82, 2.24) is 0 Å². The molecule has 2 rings (SSSR count). The first-order chi connectivity index (χ1) is 9.35. The molecule has 0 bridgehead atoms. The van der Waals surface area contributed by atoms with E-state index in [0.29, 0.717) is 12.2 Å². The van der Waals surface area contributed by atoms with Gasteiger partial charge in [-0.2, -0.15) is 5.26 Å². The third kappa shape index (κ3) is 3.11. The summed E-state index contributed by atoms with van der Waals surface area (Å²) in [4.78, 5) is 0. The van der Waals surface area contributed by atoms with Crippen molar-refractivity contribution in [3.8, 4) is 11.8 Å². The SMILES string of the molecule is N#CC(=NO)c1ccccc1COc1ccccc1. The van der Waals surface area contributed by atoms with Gasteiger partial charge in [-0.1, -0.05) is 47.6 Å². The molecule has 0 radical (unpaired) electrons. The fourth-order valence-corrected chi connectivity index (χ4v) is 1.69. The zero-order valence-electron chi connectivity index (χ0n) is 10.2. The lowest BCUT2D eigenvalue weighted by molar-refractivity contribution is 0.305. The Morgan fingerprint density at radius 1 is 1.11 bits per heavy atom. The molecule has 0 fully saturated rings. The van der Waals surface area contributed by atoms with E-state index >= 15 is 0 Å². The molecule has 0 heterocycles. The molecule has 0 saturated heterocycles. The van der Waals surface area contributed by atoms with E-state index in [4.69, 9.17) is 15.2 Å². The molecule has 2 aromatic rings. The molecule has 1 N–H and O–H groups in total. The first kappa shape index (κ1) is 12.7. The van der Waals surface area contributed by atoms with Crippen molar-refractivity contribution >= 4 is 5.71 Å². The molecule has 0 atom stereocenters. The van der Waals surface area contributed by atoms with Gasteiger partial charge in [0.05, 0.1) is 0 Å². The Bertz CT molecular complexity index is 616. The molecular formula is C15H12N2O2. The molecule has 0 aliphatic rings. The maximum atomic E-state index is 8.91. The van der Waals surface area contributed by atoms with Gasteiger partial charge < -0.3 is 9.94 Å². The lowest BCUT2D eigenvalue weighted by Crippen LogP contribution is -2.05. The number of oxime groups is 1. The summed E-state index contributed by atoms with van der Waals surface area (Å²) in [6.45, 7) is 0.306. The second-order valence-electron chi connectivity index (χ2n) is 3.82. The van der Waals surface area contributed by atoms with E-state index in [-0.39, 0.29) is 5.71 Å². The highest BCUT2D eigenvalue weighted by atomic mass is 16.5. The van der Waals surface area contributed by atoms with Gasteiger partial charge in [-0.25, -0.2) is 0 Å². The van der Waals surface area contributed by atoms with E-state index in [0.717, 1.165) is 11.3 Å². The smallest absolute Gasteiger partial charge is 0.187 e. The molecule has 4 nitrogen and oxygen atoms in total. The zero-order valence-corrected chi connectivity index (χ0v) is 10.2. The first-order valence-electron chi connectivity index (χ1n) is 5.73. The fraction of sp³-hybridized carbons (Fsp3) is 0.0667. The quantitative estimate of drug-likeness (QED) is 0.517. The van der Waals surface area contributed by atoms with Crippen LogP contribution < -0.4 is 4.74 Å². The van der Waals surface area contributed by atoms with Crippen LogP contribution in [0.1, 0.15) is 11.1 Å². The molecule has 0 aromatic heterocycles. The van der Waals surface area contributed by atoms with Crippen LogP contribution in [0.25, 0.3) is 0 Å². The summed E-state index contributed by atoms with van der Waals surface area (Å²) in [5.41, 5.74) is 1.34. The van der Waals surface area contributed by atoms with E-state index in [2.05, 4.69) is 5.16 Å². The van der Waals surface area contributed by atoms with Crippen LogP contribution in [-0.2, 0) is 6.61 Å². The summed E-state index contributed by atoms with van der Waals surface area (Å²) in [6.07, 6.45) is 0. The van der Waals surface area contributed by atoms with Crippen LogP contribution >= 0.6 is 0 Å². The lowest BCUT2D eigenvalue weighted by Gasteiger charge is -2.09. The van der Waals surface area contributed by atoms with Crippen LogP contribution in [0.2, 0.25) is 0 Å². The van der Waals surface area contributed by atoms with E-state index in [9.17, 15) is 0 Å². The Morgan fingerprint density at radius 3 is 2.47 bits per heavy atom. The molecular weight excluding hydrogens is 240 g/mol. The van der Waals surface area contributed by atoms with E-state index in [1.807, 2.05) is 48.5 Å². The second-order valence-corrected chi connectivity index (χ2v) is 3.82. The molecule has 0 aliphatic carbocycles. The van der Waals surface area contributed by atoms with Crippen LogP contribution in [0.3, 0.4) is 0 Å². The Morgan fingerprint density at radius 2 is 1.79 bits per heavy atom. The van der Waals surface area contributed by atoms with Gasteiger partial charge in [0.1, 0.15) is 18.4 Å². The van der Waals surface area contributed by atoms with Gasteiger partial charge in [-0.15, -0.1) is 0 Å². The predicted molar refractivity (Wildman–Crippen MR) is 71.2 cm³/mol. The van der Waals surface area contributed by atoms with E-state index < -0.39 is 0 Å². The van der Waals surface area contributed by atoms with Crippen LogP contribution in [0.4, 0.5) is 0 Å². The average Bonchev–Trinajstić information content (AvgIpc) is 2.48. The number of nitriles is 1. The Balaban J connectivity index is 2.20. The molecule has 0 aliphatic heterocycles. The molecule has 0 amide bonds. The fourth-order valence-electron chi connectivity index (χ4n) is 1.69. The number of rotatable bonds is 4. The topological polar surface area (TPSA) is 65.6 Å². The van der Waals surface area contributed by atoms with Gasteiger partial charge in [0.15, 0.2) is 5.71 Å². The van der Waals surface area contributed by atoms with E-state index in [1.54, 1.807) is 12.1 Å². The van der Waals surface area contributed by atoms with Crippen molar-refractivity contribution < 1.29 is 9.94 Å². The predicted octanol–water partition coefficient (Wildman–Crippen LogP) is 2.97. The highest BCUT2D eigenvalue weighted by Gasteiger charge is 2.09. The highest BCUT2D eigenvalue weighted by molar-refractivity contribution is 6.12. The molecule has 0 saturated carbocycles. The third-order valence-electron chi connectivity index (χ3n) is 2.62. The summed E-state index contributed by atoms with van der Waals surface area (Å²) < 4.78 is 5.63. The summed E-state index contributed by atoms with van der Waals surface area (Å²) in [7, 11) is 0. The van der Waals surface area contributed by atoms with Crippen LogP contribution in [-0.4, -0.2) is 10.9 Å². The van der Waals surface area contributed by atoms with Crippen molar-refractivity contribution in [2.24, 2.45) is 5.16 Å². The lowest BCUT2D eigenvalue weighted by atomic mass is 10.0. The molecule has 0 spiro atoms. The van der Waals surface area contributed by atoms with Crippen LogP contribution in [0.5, 0.6) is 5.75 Å². The second kappa shape index (κ2) is 6.22. The van der Waals surface area contributed by atoms with Crippen molar-refractivity contribution in [3.63, 3.8) is 0 Å². The number of benzene rings is 2. The first-order valence-corrected chi connectivity index (χ1v) is 5.73. The largest absolute Gasteiger partial charge is 0.489 e. The number of para-hydroxylation sites is 1. The molecule has 19 heavy (non-hydrogen) atoms. The highest BCUT2D eigenvalue weighted by Crippen LogP contribution is 2.15. The van der Waals surface area contributed by atoms with Gasteiger partial charge in [-0.05, 0) is 17.7 Å². The van der Waals surface area contributed by atoms with Crippen LogP contribution in [0, 0.1) is 11.3 Å². The Kier molecular flexibility index (Phi) is 4.14. The average molecular weight is 252 g/mol. The number of ether oxygens (including phenoxy) is 1. The van der Waals surface area contributed by atoms with Crippen molar-refractivity contribution in [2.75, 3.05) is 0 Å². The maximum Gasteiger partial charge on any atom is 0.187 e.